The van der Waals surface area contributed by atoms with Gasteiger partial charge in [0.1, 0.15) is 5.75 Å². The first kappa shape index (κ1) is 16.4. The second-order valence-corrected chi connectivity index (χ2v) is 6.49. The summed E-state index contributed by atoms with van der Waals surface area (Å²) in [6.07, 6.45) is 6.79. The third-order valence-electron chi connectivity index (χ3n) is 4.81. The smallest absolute Gasteiger partial charge is 0.124 e. The minimum atomic E-state index is 0.344. The minimum absolute atomic E-state index is 0.344. The van der Waals surface area contributed by atoms with Gasteiger partial charge in [-0.3, -0.25) is 0 Å². The topological polar surface area (TPSA) is 21.3 Å². The summed E-state index contributed by atoms with van der Waals surface area (Å²) in [4.78, 5) is 0. The van der Waals surface area contributed by atoms with Crippen molar-refractivity contribution >= 4 is 0 Å². The van der Waals surface area contributed by atoms with Crippen molar-refractivity contribution in [1.82, 2.24) is 5.32 Å². The van der Waals surface area contributed by atoms with Crippen molar-refractivity contribution in [3.8, 4) is 5.75 Å². The molecule has 0 saturated heterocycles. The lowest BCUT2D eigenvalue weighted by Crippen LogP contribution is -2.25. The first-order valence-corrected chi connectivity index (χ1v) is 8.64. The maximum absolute atomic E-state index is 6.36. The summed E-state index contributed by atoms with van der Waals surface area (Å²) in [7, 11) is 0. The van der Waals surface area contributed by atoms with E-state index >= 15 is 0 Å². The Morgan fingerprint density at radius 3 is 2.52 bits per heavy atom. The van der Waals surface area contributed by atoms with E-state index in [1.165, 1.54) is 43.2 Å². The van der Waals surface area contributed by atoms with Crippen molar-refractivity contribution < 1.29 is 4.74 Å². The molecular weight excluding hydrogens is 258 g/mol. The van der Waals surface area contributed by atoms with Crippen LogP contribution in [0.15, 0.2) is 18.2 Å². The second-order valence-electron chi connectivity index (χ2n) is 6.49. The molecule has 1 aromatic rings. The van der Waals surface area contributed by atoms with Crippen molar-refractivity contribution in [3.05, 3.63) is 29.3 Å². The molecule has 21 heavy (non-hydrogen) atoms. The van der Waals surface area contributed by atoms with E-state index in [2.05, 4.69) is 51.2 Å². The molecule has 1 saturated carbocycles. The first-order valence-electron chi connectivity index (χ1n) is 8.64. The highest BCUT2D eigenvalue weighted by Crippen LogP contribution is 2.32. The van der Waals surface area contributed by atoms with Crippen LogP contribution in [-0.2, 0) is 0 Å². The van der Waals surface area contributed by atoms with Gasteiger partial charge in [0.25, 0.3) is 0 Å². The molecule has 1 unspecified atom stereocenters. The number of aryl methyl sites for hydroxylation is 1. The van der Waals surface area contributed by atoms with Gasteiger partial charge in [-0.2, -0.15) is 0 Å². The van der Waals surface area contributed by atoms with Crippen LogP contribution in [0, 0.1) is 12.8 Å². The Balaban J connectivity index is 2.05. The van der Waals surface area contributed by atoms with Crippen molar-refractivity contribution in [3.63, 3.8) is 0 Å². The average Bonchev–Trinajstić information content (AvgIpc) is 2.50. The molecule has 1 aliphatic carbocycles. The molecular formula is C19H31NO. The van der Waals surface area contributed by atoms with Gasteiger partial charge in [0.2, 0.25) is 0 Å². The Hall–Kier alpha value is -1.02. The fourth-order valence-corrected chi connectivity index (χ4v) is 3.37. The van der Waals surface area contributed by atoms with Gasteiger partial charge in [-0.1, -0.05) is 38.0 Å². The molecule has 0 radical (unpaired) electrons. The van der Waals surface area contributed by atoms with Gasteiger partial charge in [-0.25, -0.2) is 0 Å². The van der Waals surface area contributed by atoms with Crippen LogP contribution in [0.25, 0.3) is 0 Å². The van der Waals surface area contributed by atoms with Crippen molar-refractivity contribution in [1.29, 1.82) is 0 Å². The SMILES string of the molecule is CCNC(C)c1cc(C)ccc1OC1CCC(CC)CC1. The van der Waals surface area contributed by atoms with E-state index in [9.17, 15) is 0 Å². The number of ether oxygens (including phenoxy) is 1. The molecule has 1 aliphatic rings. The Kier molecular flexibility index (Phi) is 6.10. The minimum Gasteiger partial charge on any atom is -0.490 e. The molecule has 118 valence electrons. The van der Waals surface area contributed by atoms with Crippen LogP contribution in [0.5, 0.6) is 5.75 Å². The van der Waals surface area contributed by atoms with Crippen molar-refractivity contribution in [2.45, 2.75) is 71.9 Å². The van der Waals surface area contributed by atoms with Crippen LogP contribution in [0.4, 0.5) is 0 Å². The average molecular weight is 289 g/mol. The highest BCUT2D eigenvalue weighted by molar-refractivity contribution is 5.39. The number of benzene rings is 1. The van der Waals surface area contributed by atoms with Crippen LogP contribution in [0.2, 0.25) is 0 Å². The summed E-state index contributed by atoms with van der Waals surface area (Å²) in [5.74, 6) is 2.00. The summed E-state index contributed by atoms with van der Waals surface area (Å²) >= 11 is 0. The highest BCUT2D eigenvalue weighted by Gasteiger charge is 2.22. The summed E-state index contributed by atoms with van der Waals surface area (Å²) in [6, 6.07) is 6.93. The van der Waals surface area contributed by atoms with Gasteiger partial charge in [-0.05, 0) is 58.1 Å². The van der Waals surface area contributed by atoms with E-state index in [1.54, 1.807) is 0 Å². The van der Waals surface area contributed by atoms with Crippen molar-refractivity contribution in [2.24, 2.45) is 5.92 Å². The maximum atomic E-state index is 6.36. The zero-order valence-electron chi connectivity index (χ0n) is 14.1. The van der Waals surface area contributed by atoms with Gasteiger partial charge in [-0.15, -0.1) is 0 Å². The molecule has 2 heteroatoms. The standard InChI is InChI=1S/C19H31NO/c1-5-16-8-10-17(11-9-16)21-19-12-7-14(3)13-18(19)15(4)20-6-2/h7,12-13,15-17,20H,5-6,8-11H2,1-4H3. The largest absolute Gasteiger partial charge is 0.490 e. The summed E-state index contributed by atoms with van der Waals surface area (Å²) in [6.45, 7) is 9.81. The van der Waals surface area contributed by atoms with Gasteiger partial charge < -0.3 is 10.1 Å². The fraction of sp³-hybridized carbons (Fsp3) is 0.684. The van der Waals surface area contributed by atoms with Gasteiger partial charge in [0.15, 0.2) is 0 Å². The Bertz CT molecular complexity index is 435. The molecule has 0 spiro atoms. The van der Waals surface area contributed by atoms with Crippen LogP contribution in [0.3, 0.4) is 0 Å². The third-order valence-corrected chi connectivity index (χ3v) is 4.81. The van der Waals surface area contributed by atoms with Gasteiger partial charge in [0.05, 0.1) is 6.10 Å². The lowest BCUT2D eigenvalue weighted by atomic mass is 9.86. The van der Waals surface area contributed by atoms with Crippen LogP contribution >= 0.6 is 0 Å². The maximum Gasteiger partial charge on any atom is 0.124 e. The lowest BCUT2D eigenvalue weighted by molar-refractivity contribution is 0.128. The van der Waals surface area contributed by atoms with Gasteiger partial charge >= 0.3 is 0 Å². The molecule has 1 fully saturated rings. The zero-order chi connectivity index (χ0) is 15.2. The molecule has 0 bridgehead atoms. The molecule has 2 rings (SSSR count). The summed E-state index contributed by atoms with van der Waals surface area (Å²) in [5, 5.41) is 3.50. The molecule has 2 nitrogen and oxygen atoms in total. The first-order chi connectivity index (χ1) is 10.1. The molecule has 1 N–H and O–H groups in total. The number of nitrogens with one attached hydrogen (secondary N) is 1. The lowest BCUT2D eigenvalue weighted by Gasteiger charge is -2.29. The normalized spacial score (nSPS) is 23.8. The molecule has 0 aliphatic heterocycles. The summed E-state index contributed by atoms with van der Waals surface area (Å²) in [5.41, 5.74) is 2.60. The van der Waals surface area contributed by atoms with E-state index in [-0.39, 0.29) is 0 Å². The fourth-order valence-electron chi connectivity index (χ4n) is 3.37. The zero-order valence-corrected chi connectivity index (χ0v) is 14.1. The predicted octanol–water partition coefficient (Wildman–Crippen LogP) is 5.01. The Morgan fingerprint density at radius 1 is 1.19 bits per heavy atom. The molecule has 0 aromatic heterocycles. The molecule has 0 amide bonds. The van der Waals surface area contributed by atoms with E-state index in [0.717, 1.165) is 18.2 Å². The Labute approximate surface area is 130 Å². The highest BCUT2D eigenvalue weighted by atomic mass is 16.5. The van der Waals surface area contributed by atoms with Crippen LogP contribution < -0.4 is 10.1 Å². The molecule has 1 aromatic carbocycles. The number of hydrogen-bond acceptors (Lipinski definition) is 2. The van der Waals surface area contributed by atoms with Crippen LogP contribution in [0.1, 0.15) is 70.0 Å². The van der Waals surface area contributed by atoms with E-state index < -0.39 is 0 Å². The summed E-state index contributed by atoms with van der Waals surface area (Å²) < 4.78 is 6.36. The monoisotopic (exact) mass is 289 g/mol. The van der Waals surface area contributed by atoms with E-state index in [1.807, 2.05) is 0 Å². The van der Waals surface area contributed by atoms with Crippen LogP contribution in [-0.4, -0.2) is 12.6 Å². The Morgan fingerprint density at radius 2 is 1.90 bits per heavy atom. The quantitative estimate of drug-likeness (QED) is 0.794. The molecule has 0 heterocycles. The molecule has 1 atom stereocenters. The van der Waals surface area contributed by atoms with Gasteiger partial charge in [0, 0.05) is 11.6 Å². The van der Waals surface area contributed by atoms with Crippen molar-refractivity contribution in [2.75, 3.05) is 6.54 Å². The predicted molar refractivity (Wildman–Crippen MR) is 89.9 cm³/mol. The third kappa shape index (κ3) is 4.47. The number of hydrogen-bond donors (Lipinski definition) is 1. The van der Waals surface area contributed by atoms with E-state index in [0.29, 0.717) is 12.1 Å². The second kappa shape index (κ2) is 7.84. The number of rotatable bonds is 6. The van der Waals surface area contributed by atoms with E-state index in [4.69, 9.17) is 4.74 Å².